The van der Waals surface area contributed by atoms with E-state index in [-0.39, 0.29) is 5.41 Å². The van der Waals surface area contributed by atoms with Crippen LogP contribution in [0.15, 0.2) is 18.2 Å². The zero-order valence-corrected chi connectivity index (χ0v) is 15.3. The highest BCUT2D eigenvalue weighted by atomic mass is 16.3. The van der Waals surface area contributed by atoms with Crippen LogP contribution < -0.4 is 0 Å². The lowest BCUT2D eigenvalue weighted by molar-refractivity contribution is -0.147. The van der Waals surface area contributed by atoms with Gasteiger partial charge in [-0.2, -0.15) is 0 Å². The summed E-state index contributed by atoms with van der Waals surface area (Å²) in [5.74, 6) is 2.18. The molecule has 5 rings (SSSR count). The van der Waals surface area contributed by atoms with E-state index in [9.17, 15) is 5.11 Å². The van der Waals surface area contributed by atoms with Crippen LogP contribution in [0.4, 0.5) is 0 Å². The molecule has 4 aliphatic rings. The Hall–Kier alpha value is -0.980. The van der Waals surface area contributed by atoms with Gasteiger partial charge in [-0.25, -0.2) is 0 Å². The minimum absolute atomic E-state index is 0.234. The van der Waals surface area contributed by atoms with Crippen LogP contribution >= 0.6 is 0 Å². The van der Waals surface area contributed by atoms with Gasteiger partial charge in [-0.3, -0.25) is 0 Å². The number of phenols is 1. The summed E-state index contributed by atoms with van der Waals surface area (Å²) in [7, 11) is 0. The van der Waals surface area contributed by atoms with Crippen molar-refractivity contribution in [2.75, 3.05) is 0 Å². The Labute approximate surface area is 141 Å². The van der Waals surface area contributed by atoms with Gasteiger partial charge < -0.3 is 5.11 Å². The van der Waals surface area contributed by atoms with Crippen molar-refractivity contribution in [3.8, 4) is 5.75 Å². The molecule has 4 atom stereocenters. The second-order valence-corrected chi connectivity index (χ2v) is 9.68. The summed E-state index contributed by atoms with van der Waals surface area (Å²) in [4.78, 5) is 0. The van der Waals surface area contributed by atoms with Gasteiger partial charge in [-0.15, -0.1) is 0 Å². The van der Waals surface area contributed by atoms with Gasteiger partial charge in [0.1, 0.15) is 5.75 Å². The third-order valence-electron chi connectivity index (χ3n) is 7.93. The minimum atomic E-state index is 0.234. The Bertz CT molecular complexity index is 633. The molecule has 0 amide bonds. The van der Waals surface area contributed by atoms with E-state index >= 15 is 0 Å². The first-order valence-corrected chi connectivity index (χ1v) is 9.62. The van der Waals surface area contributed by atoms with Crippen molar-refractivity contribution in [2.45, 2.75) is 78.1 Å². The molecule has 0 radical (unpaired) electrons. The average Bonchev–Trinajstić information content (AvgIpc) is 2.45. The molecule has 1 nitrogen and oxygen atoms in total. The Morgan fingerprint density at radius 3 is 2.57 bits per heavy atom. The molecule has 0 spiro atoms. The first-order valence-electron chi connectivity index (χ1n) is 9.62. The van der Waals surface area contributed by atoms with Crippen molar-refractivity contribution >= 4 is 0 Å². The van der Waals surface area contributed by atoms with E-state index in [1.165, 1.54) is 56.1 Å². The van der Waals surface area contributed by atoms with E-state index in [0.717, 1.165) is 11.8 Å². The quantitative estimate of drug-likeness (QED) is 0.728. The summed E-state index contributed by atoms with van der Waals surface area (Å²) in [5.41, 5.74) is 3.69. The SMILES string of the molecule is CCC12CC3CC(c4ccc(C)cc4O)(C1)CC(C(C)C)(C3)C2. The van der Waals surface area contributed by atoms with Gasteiger partial charge >= 0.3 is 0 Å². The predicted octanol–water partition coefficient (Wildman–Crippen LogP) is 5.97. The second kappa shape index (κ2) is 4.77. The van der Waals surface area contributed by atoms with Crippen LogP contribution in [0.5, 0.6) is 5.75 Å². The summed E-state index contributed by atoms with van der Waals surface area (Å²) >= 11 is 0. The van der Waals surface area contributed by atoms with Crippen molar-refractivity contribution < 1.29 is 5.11 Å². The van der Waals surface area contributed by atoms with Crippen molar-refractivity contribution in [3.05, 3.63) is 29.3 Å². The summed E-state index contributed by atoms with van der Waals surface area (Å²) < 4.78 is 0. The maximum atomic E-state index is 10.7. The standard InChI is InChI=1S/C22H32O/c1-5-20-9-17-10-21(12-20,15(2)3)14-22(11-17,13-20)18-7-6-16(4)8-19(18)23/h6-8,15,17,23H,5,9-14H2,1-4H3. The molecule has 0 aromatic heterocycles. The molecule has 0 saturated heterocycles. The summed E-state index contributed by atoms with van der Waals surface area (Å²) in [6.07, 6.45) is 9.52. The van der Waals surface area contributed by atoms with Crippen LogP contribution in [-0.4, -0.2) is 5.11 Å². The number of aromatic hydroxyl groups is 1. The van der Waals surface area contributed by atoms with Gasteiger partial charge in [0.2, 0.25) is 0 Å². The molecule has 23 heavy (non-hydrogen) atoms. The molecule has 0 heterocycles. The van der Waals surface area contributed by atoms with Crippen molar-refractivity contribution in [2.24, 2.45) is 22.7 Å². The lowest BCUT2D eigenvalue weighted by Crippen LogP contribution is -2.59. The highest BCUT2D eigenvalue weighted by Gasteiger charge is 2.63. The molecule has 1 aromatic carbocycles. The number of hydrogen-bond donors (Lipinski definition) is 1. The molecule has 4 saturated carbocycles. The zero-order chi connectivity index (χ0) is 16.5. The van der Waals surface area contributed by atoms with Gasteiger partial charge in [-0.05, 0) is 79.7 Å². The van der Waals surface area contributed by atoms with Crippen LogP contribution in [0.2, 0.25) is 0 Å². The third kappa shape index (κ3) is 2.11. The molecule has 1 aromatic rings. The zero-order valence-electron chi connectivity index (χ0n) is 15.3. The predicted molar refractivity (Wildman–Crippen MR) is 95.7 cm³/mol. The summed E-state index contributed by atoms with van der Waals surface area (Å²) in [5, 5.41) is 10.7. The minimum Gasteiger partial charge on any atom is -0.508 e. The maximum absolute atomic E-state index is 10.7. The number of aryl methyl sites for hydroxylation is 1. The monoisotopic (exact) mass is 312 g/mol. The number of benzene rings is 1. The smallest absolute Gasteiger partial charge is 0.119 e. The summed E-state index contributed by atoms with van der Waals surface area (Å²) in [6, 6.07) is 6.43. The Balaban J connectivity index is 1.85. The lowest BCUT2D eigenvalue weighted by Gasteiger charge is -2.68. The molecular formula is C22H32O. The fraction of sp³-hybridized carbons (Fsp3) is 0.727. The normalized spacial score (nSPS) is 41.7. The van der Waals surface area contributed by atoms with Crippen molar-refractivity contribution in [3.63, 3.8) is 0 Å². The van der Waals surface area contributed by atoms with E-state index < -0.39 is 0 Å². The molecule has 4 fully saturated rings. The molecular weight excluding hydrogens is 280 g/mol. The number of hydrogen-bond acceptors (Lipinski definition) is 1. The van der Waals surface area contributed by atoms with Crippen LogP contribution in [-0.2, 0) is 5.41 Å². The number of rotatable bonds is 3. The molecule has 4 unspecified atom stereocenters. The van der Waals surface area contributed by atoms with E-state index in [1.807, 2.05) is 6.07 Å². The molecule has 4 aliphatic carbocycles. The molecule has 126 valence electrons. The Morgan fingerprint density at radius 2 is 1.91 bits per heavy atom. The molecule has 4 bridgehead atoms. The van der Waals surface area contributed by atoms with Crippen LogP contribution in [0.25, 0.3) is 0 Å². The van der Waals surface area contributed by atoms with E-state index in [0.29, 0.717) is 16.6 Å². The topological polar surface area (TPSA) is 20.2 Å². The highest BCUT2D eigenvalue weighted by molar-refractivity contribution is 5.44. The van der Waals surface area contributed by atoms with E-state index in [2.05, 4.69) is 39.8 Å². The van der Waals surface area contributed by atoms with Crippen molar-refractivity contribution in [1.82, 2.24) is 0 Å². The van der Waals surface area contributed by atoms with Crippen LogP contribution in [0, 0.1) is 29.6 Å². The van der Waals surface area contributed by atoms with Gasteiger partial charge in [0, 0.05) is 11.0 Å². The highest BCUT2D eigenvalue weighted by Crippen LogP contribution is 2.73. The summed E-state index contributed by atoms with van der Waals surface area (Å²) in [6.45, 7) is 9.37. The van der Waals surface area contributed by atoms with Crippen LogP contribution in [0.1, 0.15) is 76.8 Å². The van der Waals surface area contributed by atoms with Crippen molar-refractivity contribution in [1.29, 1.82) is 0 Å². The van der Waals surface area contributed by atoms with Gasteiger partial charge in [0.25, 0.3) is 0 Å². The number of phenolic OH excluding ortho intramolecular Hbond substituents is 1. The van der Waals surface area contributed by atoms with Gasteiger partial charge in [-0.1, -0.05) is 39.3 Å². The van der Waals surface area contributed by atoms with E-state index in [4.69, 9.17) is 0 Å². The first-order chi connectivity index (χ1) is 10.8. The fourth-order valence-corrected chi connectivity index (χ4v) is 7.14. The Morgan fingerprint density at radius 1 is 1.13 bits per heavy atom. The lowest BCUT2D eigenvalue weighted by atomic mass is 9.36. The average molecular weight is 312 g/mol. The van der Waals surface area contributed by atoms with Gasteiger partial charge in [0.05, 0.1) is 0 Å². The molecule has 1 heteroatoms. The largest absolute Gasteiger partial charge is 0.508 e. The second-order valence-electron chi connectivity index (χ2n) is 9.68. The first kappa shape index (κ1) is 15.5. The fourth-order valence-electron chi connectivity index (χ4n) is 7.14. The van der Waals surface area contributed by atoms with E-state index in [1.54, 1.807) is 0 Å². The molecule has 0 aliphatic heterocycles. The van der Waals surface area contributed by atoms with Crippen LogP contribution in [0.3, 0.4) is 0 Å². The third-order valence-corrected chi connectivity index (χ3v) is 7.93. The Kier molecular flexibility index (Phi) is 3.22. The molecule has 1 N–H and O–H groups in total. The van der Waals surface area contributed by atoms with Gasteiger partial charge in [0.15, 0.2) is 0 Å². The maximum Gasteiger partial charge on any atom is 0.119 e.